The highest BCUT2D eigenvalue weighted by Crippen LogP contribution is 2.34. The Labute approximate surface area is 105 Å². The van der Waals surface area contributed by atoms with Crippen molar-refractivity contribution in [3.05, 3.63) is 0 Å². The largest absolute Gasteiger partial charge is 0.342 e. The van der Waals surface area contributed by atoms with Gasteiger partial charge in [0.05, 0.1) is 6.54 Å². The SMILES string of the molecule is C[C@@H](C1CC1)N(C)CC(=O)N1CCCCCC1. The fourth-order valence-electron chi connectivity index (χ4n) is 2.72. The van der Waals surface area contributed by atoms with Crippen LogP contribution in [0.5, 0.6) is 0 Å². The van der Waals surface area contributed by atoms with Crippen LogP contribution in [0, 0.1) is 5.92 Å². The third-order valence-electron chi connectivity index (χ3n) is 4.34. The van der Waals surface area contributed by atoms with E-state index >= 15 is 0 Å². The van der Waals surface area contributed by atoms with E-state index in [1.165, 1.54) is 38.5 Å². The van der Waals surface area contributed by atoms with E-state index in [0.717, 1.165) is 19.0 Å². The molecule has 1 aliphatic heterocycles. The molecule has 0 bridgehead atoms. The van der Waals surface area contributed by atoms with E-state index < -0.39 is 0 Å². The van der Waals surface area contributed by atoms with Crippen molar-refractivity contribution in [2.75, 3.05) is 26.7 Å². The number of nitrogens with zero attached hydrogens (tertiary/aromatic N) is 2. The van der Waals surface area contributed by atoms with Crippen LogP contribution in [0.25, 0.3) is 0 Å². The minimum atomic E-state index is 0.335. The Morgan fingerprint density at radius 1 is 1.24 bits per heavy atom. The molecule has 1 atom stereocenters. The van der Waals surface area contributed by atoms with Crippen molar-refractivity contribution in [3.8, 4) is 0 Å². The minimum absolute atomic E-state index is 0.335. The van der Waals surface area contributed by atoms with Crippen LogP contribution in [0.2, 0.25) is 0 Å². The summed E-state index contributed by atoms with van der Waals surface area (Å²) in [6.07, 6.45) is 7.66. The Hall–Kier alpha value is -0.570. The van der Waals surface area contributed by atoms with Crippen molar-refractivity contribution in [1.82, 2.24) is 9.80 Å². The van der Waals surface area contributed by atoms with E-state index in [0.29, 0.717) is 18.5 Å². The number of carbonyl (C=O) groups is 1. The second kappa shape index (κ2) is 5.85. The van der Waals surface area contributed by atoms with E-state index in [4.69, 9.17) is 0 Å². The van der Waals surface area contributed by atoms with E-state index in [-0.39, 0.29) is 0 Å². The summed E-state index contributed by atoms with van der Waals surface area (Å²) < 4.78 is 0. The summed E-state index contributed by atoms with van der Waals surface area (Å²) in [6.45, 7) is 4.82. The summed E-state index contributed by atoms with van der Waals surface area (Å²) in [7, 11) is 2.10. The van der Waals surface area contributed by atoms with Gasteiger partial charge in [0.15, 0.2) is 0 Å². The van der Waals surface area contributed by atoms with Gasteiger partial charge >= 0.3 is 0 Å². The Kier molecular flexibility index (Phi) is 4.43. The molecular formula is C14H26N2O. The van der Waals surface area contributed by atoms with Gasteiger partial charge in [0.25, 0.3) is 0 Å². The van der Waals surface area contributed by atoms with E-state index in [1.54, 1.807) is 0 Å². The van der Waals surface area contributed by atoms with Crippen LogP contribution >= 0.6 is 0 Å². The fraction of sp³-hybridized carbons (Fsp3) is 0.929. The first kappa shape index (κ1) is 12.9. The Balaban J connectivity index is 1.78. The van der Waals surface area contributed by atoms with E-state index in [1.807, 2.05) is 0 Å². The number of carbonyl (C=O) groups excluding carboxylic acids is 1. The predicted molar refractivity (Wildman–Crippen MR) is 69.9 cm³/mol. The van der Waals surface area contributed by atoms with E-state index in [9.17, 15) is 4.79 Å². The molecule has 0 aromatic carbocycles. The highest BCUT2D eigenvalue weighted by molar-refractivity contribution is 5.78. The maximum Gasteiger partial charge on any atom is 0.236 e. The lowest BCUT2D eigenvalue weighted by molar-refractivity contribution is -0.132. The normalized spacial score (nSPS) is 23.6. The molecule has 1 aliphatic carbocycles. The number of hydrogen-bond donors (Lipinski definition) is 0. The second-order valence-electron chi connectivity index (χ2n) is 5.79. The molecule has 1 saturated heterocycles. The van der Waals surface area contributed by atoms with Crippen LogP contribution in [0.3, 0.4) is 0 Å². The monoisotopic (exact) mass is 238 g/mol. The topological polar surface area (TPSA) is 23.6 Å². The lowest BCUT2D eigenvalue weighted by Crippen LogP contribution is -2.42. The van der Waals surface area contributed by atoms with Gasteiger partial charge in [-0.2, -0.15) is 0 Å². The van der Waals surface area contributed by atoms with Crippen molar-refractivity contribution in [3.63, 3.8) is 0 Å². The summed E-state index contributed by atoms with van der Waals surface area (Å²) in [6, 6.07) is 0.575. The van der Waals surface area contributed by atoms with Crippen molar-refractivity contribution >= 4 is 5.91 Å². The molecule has 98 valence electrons. The van der Waals surface area contributed by atoms with Gasteiger partial charge in [-0.3, -0.25) is 9.69 Å². The van der Waals surface area contributed by atoms with Crippen molar-refractivity contribution < 1.29 is 4.79 Å². The van der Waals surface area contributed by atoms with Gasteiger partial charge in [-0.25, -0.2) is 0 Å². The minimum Gasteiger partial charge on any atom is -0.342 e. The third kappa shape index (κ3) is 3.70. The first-order chi connectivity index (χ1) is 8.18. The van der Waals surface area contributed by atoms with Crippen molar-refractivity contribution in [1.29, 1.82) is 0 Å². The van der Waals surface area contributed by atoms with Crippen LogP contribution in [0.4, 0.5) is 0 Å². The Morgan fingerprint density at radius 3 is 2.35 bits per heavy atom. The first-order valence-corrected chi connectivity index (χ1v) is 7.16. The summed E-state index contributed by atoms with van der Waals surface area (Å²) >= 11 is 0. The molecule has 2 rings (SSSR count). The van der Waals surface area contributed by atoms with Crippen LogP contribution < -0.4 is 0 Å². The molecule has 0 radical (unpaired) electrons. The summed E-state index contributed by atoms with van der Waals surface area (Å²) in [4.78, 5) is 16.5. The first-order valence-electron chi connectivity index (χ1n) is 7.16. The number of rotatable bonds is 4. The number of amides is 1. The average molecular weight is 238 g/mol. The Bertz CT molecular complexity index is 255. The third-order valence-corrected chi connectivity index (χ3v) is 4.34. The molecule has 0 aromatic rings. The van der Waals surface area contributed by atoms with Gasteiger partial charge in [0, 0.05) is 19.1 Å². The lowest BCUT2D eigenvalue weighted by atomic mass is 10.2. The van der Waals surface area contributed by atoms with Gasteiger partial charge in [-0.15, -0.1) is 0 Å². The predicted octanol–water partition coefficient (Wildman–Crippen LogP) is 2.12. The molecule has 0 aromatic heterocycles. The molecule has 2 fully saturated rings. The van der Waals surface area contributed by atoms with Crippen LogP contribution in [-0.4, -0.2) is 48.4 Å². The zero-order chi connectivity index (χ0) is 12.3. The molecule has 1 saturated carbocycles. The highest BCUT2D eigenvalue weighted by atomic mass is 16.2. The molecule has 1 amide bonds. The van der Waals surface area contributed by atoms with Crippen molar-refractivity contribution in [2.45, 2.75) is 51.5 Å². The summed E-state index contributed by atoms with van der Waals surface area (Å²) in [5.41, 5.74) is 0. The van der Waals surface area contributed by atoms with Crippen molar-refractivity contribution in [2.24, 2.45) is 5.92 Å². The lowest BCUT2D eigenvalue weighted by Gasteiger charge is -2.28. The summed E-state index contributed by atoms with van der Waals surface area (Å²) in [5, 5.41) is 0. The summed E-state index contributed by atoms with van der Waals surface area (Å²) in [5.74, 6) is 1.18. The van der Waals surface area contributed by atoms with Gasteiger partial charge in [0.2, 0.25) is 5.91 Å². The molecular weight excluding hydrogens is 212 g/mol. The van der Waals surface area contributed by atoms with E-state index in [2.05, 4.69) is 23.8 Å². The van der Waals surface area contributed by atoms with Crippen LogP contribution in [0.1, 0.15) is 45.4 Å². The molecule has 3 nitrogen and oxygen atoms in total. The Morgan fingerprint density at radius 2 is 1.82 bits per heavy atom. The zero-order valence-electron chi connectivity index (χ0n) is 11.3. The molecule has 0 unspecified atom stereocenters. The maximum absolute atomic E-state index is 12.2. The number of likely N-dealkylation sites (N-methyl/N-ethyl adjacent to an activating group) is 1. The fourth-order valence-corrected chi connectivity index (χ4v) is 2.72. The van der Waals surface area contributed by atoms with Gasteiger partial charge in [-0.05, 0) is 45.6 Å². The van der Waals surface area contributed by atoms with Crippen LogP contribution in [-0.2, 0) is 4.79 Å². The average Bonchev–Trinajstić information content (AvgIpc) is 3.14. The van der Waals surface area contributed by atoms with Crippen LogP contribution in [0.15, 0.2) is 0 Å². The number of hydrogen-bond acceptors (Lipinski definition) is 2. The molecule has 1 heterocycles. The molecule has 3 heteroatoms. The van der Waals surface area contributed by atoms with Gasteiger partial charge in [-0.1, -0.05) is 12.8 Å². The molecule has 0 N–H and O–H groups in total. The maximum atomic E-state index is 12.2. The molecule has 17 heavy (non-hydrogen) atoms. The standard InChI is InChI=1S/C14H26N2O/c1-12(13-7-8-13)15(2)11-14(17)16-9-5-3-4-6-10-16/h12-13H,3-11H2,1-2H3/t12-/m0/s1. The highest BCUT2D eigenvalue weighted by Gasteiger charge is 2.31. The van der Waals surface area contributed by atoms with Gasteiger partial charge < -0.3 is 4.90 Å². The smallest absolute Gasteiger partial charge is 0.236 e. The molecule has 0 spiro atoms. The number of likely N-dealkylation sites (tertiary alicyclic amines) is 1. The molecule has 2 aliphatic rings. The zero-order valence-corrected chi connectivity index (χ0v) is 11.3. The van der Waals surface area contributed by atoms with Gasteiger partial charge in [0.1, 0.15) is 0 Å². The second-order valence-corrected chi connectivity index (χ2v) is 5.79. The quantitative estimate of drug-likeness (QED) is 0.749.